The van der Waals surface area contributed by atoms with E-state index in [4.69, 9.17) is 4.52 Å². The van der Waals surface area contributed by atoms with Crippen LogP contribution < -0.4 is 0 Å². The Morgan fingerprint density at radius 2 is 1.83 bits per heavy atom. The molecule has 0 amide bonds. The van der Waals surface area contributed by atoms with Gasteiger partial charge in [0.05, 0.1) is 6.20 Å². The van der Waals surface area contributed by atoms with E-state index < -0.39 is 27.1 Å². The molecule has 1 aromatic carbocycles. The molecular weight excluding hydrogens is 322 g/mol. The predicted molar refractivity (Wildman–Crippen MR) is 75.5 cm³/mol. The quantitative estimate of drug-likeness (QED) is 0.371. The molecule has 0 saturated heterocycles. The highest BCUT2D eigenvalue weighted by molar-refractivity contribution is 5.53. The fraction of sp³-hybridized carbons (Fsp3) is 0.167. The van der Waals surface area contributed by atoms with E-state index in [1.807, 2.05) is 0 Å². The van der Waals surface area contributed by atoms with Crippen LogP contribution >= 0.6 is 0 Å². The third kappa shape index (κ3) is 2.16. The minimum atomic E-state index is -3.03. The van der Waals surface area contributed by atoms with Crippen molar-refractivity contribution in [3.63, 3.8) is 0 Å². The van der Waals surface area contributed by atoms with E-state index in [1.54, 1.807) is 30.3 Å². The summed E-state index contributed by atoms with van der Waals surface area (Å²) < 4.78 is 5.95. The first-order valence-electron chi connectivity index (χ1n) is 6.51. The second kappa shape index (κ2) is 5.49. The highest BCUT2D eigenvalue weighted by Gasteiger charge is 2.68. The van der Waals surface area contributed by atoms with Gasteiger partial charge in [-0.3, -0.25) is 24.9 Å². The number of rotatable bonds is 5. The molecule has 122 valence electrons. The van der Waals surface area contributed by atoms with Gasteiger partial charge >= 0.3 is 11.6 Å². The van der Waals surface area contributed by atoms with E-state index in [9.17, 15) is 20.2 Å². The smallest absolute Gasteiger partial charge is 0.322 e. The van der Waals surface area contributed by atoms with Gasteiger partial charge in [0.15, 0.2) is 0 Å². The number of aryl methyl sites for hydroxylation is 1. The first kappa shape index (κ1) is 15.2. The first-order chi connectivity index (χ1) is 11.5. The number of hydrogen-bond acceptors (Lipinski definition) is 9. The molecule has 0 aliphatic rings. The monoisotopic (exact) mass is 331 g/mol. The number of hydrogen-bond donors (Lipinski definition) is 0. The lowest BCUT2D eigenvalue weighted by Crippen LogP contribution is -2.45. The van der Waals surface area contributed by atoms with Gasteiger partial charge in [0, 0.05) is 12.6 Å². The van der Waals surface area contributed by atoms with E-state index in [1.165, 1.54) is 7.05 Å². The lowest BCUT2D eigenvalue weighted by atomic mass is 10.1. The maximum atomic E-state index is 11.6. The molecule has 0 fully saturated rings. The molecule has 12 heteroatoms. The summed E-state index contributed by atoms with van der Waals surface area (Å²) in [5.41, 5.74) is -3.08. The van der Waals surface area contributed by atoms with Gasteiger partial charge in [-0.1, -0.05) is 40.7 Å². The number of nitrogens with zero attached hydrogens (tertiary/aromatic N) is 7. The lowest BCUT2D eigenvalue weighted by molar-refractivity contribution is -0.800. The minimum absolute atomic E-state index is 0.0115. The zero-order valence-corrected chi connectivity index (χ0v) is 12.1. The van der Waals surface area contributed by atoms with Gasteiger partial charge in [0.1, 0.15) is 9.85 Å². The molecule has 0 atom stereocenters. The second-order valence-corrected chi connectivity index (χ2v) is 4.75. The van der Waals surface area contributed by atoms with Crippen LogP contribution in [-0.4, -0.2) is 35.0 Å². The van der Waals surface area contributed by atoms with Gasteiger partial charge in [-0.15, -0.1) is 5.10 Å². The van der Waals surface area contributed by atoms with Crippen LogP contribution in [0.15, 0.2) is 41.1 Å². The predicted octanol–water partition coefficient (Wildman–Crippen LogP) is 0.620. The average Bonchev–Trinajstić information content (AvgIpc) is 3.19. The van der Waals surface area contributed by atoms with Crippen LogP contribution in [0.4, 0.5) is 0 Å². The van der Waals surface area contributed by atoms with Gasteiger partial charge in [0.2, 0.25) is 11.5 Å². The van der Waals surface area contributed by atoms with Gasteiger partial charge in [-0.05, 0) is 0 Å². The van der Waals surface area contributed by atoms with E-state index in [-0.39, 0.29) is 5.82 Å². The molecule has 0 aliphatic carbocycles. The molecule has 0 spiro atoms. The lowest BCUT2D eigenvalue weighted by Gasteiger charge is -2.09. The summed E-state index contributed by atoms with van der Waals surface area (Å²) in [7, 11) is 1.42. The number of benzene rings is 1. The normalized spacial score (nSPS) is 11.4. The van der Waals surface area contributed by atoms with Gasteiger partial charge in [-0.2, -0.15) is 4.98 Å². The van der Waals surface area contributed by atoms with Crippen molar-refractivity contribution in [2.24, 2.45) is 7.05 Å². The first-order valence-corrected chi connectivity index (χ1v) is 6.51. The summed E-state index contributed by atoms with van der Waals surface area (Å²) in [5, 5.41) is 33.8. The topological polar surface area (TPSA) is 156 Å². The number of nitro groups is 2. The summed E-state index contributed by atoms with van der Waals surface area (Å²) >= 11 is 0. The van der Waals surface area contributed by atoms with Crippen molar-refractivity contribution < 1.29 is 14.4 Å². The molecule has 12 nitrogen and oxygen atoms in total. The third-order valence-electron chi connectivity index (χ3n) is 3.24. The van der Waals surface area contributed by atoms with Gasteiger partial charge < -0.3 is 4.52 Å². The molecule has 3 aromatic rings. The Balaban J connectivity index is 2.19. The highest BCUT2D eigenvalue weighted by Crippen LogP contribution is 2.32. The molecule has 3 rings (SSSR count). The zero-order valence-electron chi connectivity index (χ0n) is 12.1. The number of aromatic nitrogens is 5. The largest absolute Gasteiger partial charge is 0.581 e. The van der Waals surface area contributed by atoms with Crippen LogP contribution in [0.3, 0.4) is 0 Å². The minimum Gasteiger partial charge on any atom is -0.322 e. The third-order valence-corrected chi connectivity index (χ3v) is 3.24. The standard InChI is InChI=1S/C12H9N7O5/c1-17-7-9(14-16-17)12(18(20)21,19(22)23)11-13-10(15-24-11)8-5-3-2-4-6-8/h2-7H,1H3. The Morgan fingerprint density at radius 3 is 2.38 bits per heavy atom. The van der Waals surface area contributed by atoms with Gasteiger partial charge in [0.25, 0.3) is 0 Å². The molecule has 0 aliphatic heterocycles. The second-order valence-electron chi connectivity index (χ2n) is 4.75. The summed E-state index contributed by atoms with van der Waals surface area (Å²) in [6.45, 7) is 0. The van der Waals surface area contributed by atoms with Crippen LogP contribution in [-0.2, 0) is 12.7 Å². The highest BCUT2D eigenvalue weighted by atomic mass is 16.7. The molecule has 0 saturated carbocycles. The molecular formula is C12H9N7O5. The van der Waals surface area contributed by atoms with Crippen LogP contribution in [0.2, 0.25) is 0 Å². The summed E-state index contributed by atoms with van der Waals surface area (Å²) in [4.78, 5) is 24.7. The van der Waals surface area contributed by atoms with Crippen molar-refractivity contribution in [2.45, 2.75) is 5.66 Å². The van der Waals surface area contributed by atoms with Crippen molar-refractivity contribution in [1.82, 2.24) is 25.1 Å². The van der Waals surface area contributed by atoms with E-state index >= 15 is 0 Å². The van der Waals surface area contributed by atoms with Crippen molar-refractivity contribution >= 4 is 0 Å². The Bertz CT molecular complexity index is 889. The molecule has 0 bridgehead atoms. The maximum absolute atomic E-state index is 11.6. The molecule has 0 N–H and O–H groups in total. The van der Waals surface area contributed by atoms with E-state index in [0.717, 1.165) is 10.9 Å². The Kier molecular flexibility index (Phi) is 3.48. The summed E-state index contributed by atoms with van der Waals surface area (Å²) in [6.07, 6.45) is 1.05. The molecule has 2 aromatic heterocycles. The average molecular weight is 331 g/mol. The maximum Gasteiger partial charge on any atom is 0.581 e. The molecule has 0 radical (unpaired) electrons. The Morgan fingerprint density at radius 1 is 1.17 bits per heavy atom. The van der Waals surface area contributed by atoms with Crippen LogP contribution in [0.5, 0.6) is 0 Å². The Labute approximate surface area is 133 Å². The van der Waals surface area contributed by atoms with Crippen molar-refractivity contribution in [1.29, 1.82) is 0 Å². The molecule has 0 unspecified atom stereocenters. The van der Waals surface area contributed by atoms with Crippen molar-refractivity contribution in [2.75, 3.05) is 0 Å². The van der Waals surface area contributed by atoms with Crippen LogP contribution in [0.25, 0.3) is 11.4 Å². The summed E-state index contributed by atoms with van der Waals surface area (Å²) in [6, 6.07) is 8.42. The zero-order chi connectivity index (χ0) is 17.3. The van der Waals surface area contributed by atoms with Crippen LogP contribution in [0, 0.1) is 20.2 Å². The Hall–Kier alpha value is -3.70. The van der Waals surface area contributed by atoms with Crippen LogP contribution in [0.1, 0.15) is 11.6 Å². The molecule has 2 heterocycles. The van der Waals surface area contributed by atoms with E-state index in [2.05, 4.69) is 20.5 Å². The van der Waals surface area contributed by atoms with Crippen molar-refractivity contribution in [3.05, 3.63) is 68.3 Å². The van der Waals surface area contributed by atoms with Gasteiger partial charge in [-0.25, -0.2) is 0 Å². The van der Waals surface area contributed by atoms with Crippen molar-refractivity contribution in [3.8, 4) is 11.4 Å². The SMILES string of the molecule is Cn1cc(C(c2nc(-c3ccccc3)no2)([N+](=O)[O-])[N+](=O)[O-])nn1. The fourth-order valence-electron chi connectivity index (χ4n) is 2.10. The summed E-state index contributed by atoms with van der Waals surface area (Å²) in [5.74, 6) is -0.820. The molecule has 24 heavy (non-hydrogen) atoms. The fourth-order valence-corrected chi connectivity index (χ4v) is 2.10. The van der Waals surface area contributed by atoms with E-state index in [0.29, 0.717) is 5.56 Å².